The second-order valence-corrected chi connectivity index (χ2v) is 7.27. The molecule has 3 rings (SSSR count). The quantitative estimate of drug-likeness (QED) is 0.664. The molecule has 0 spiro atoms. The molecule has 1 aliphatic carbocycles. The fourth-order valence-electron chi connectivity index (χ4n) is 3.88. The van der Waals surface area contributed by atoms with Crippen molar-refractivity contribution in [2.24, 2.45) is 5.92 Å². The monoisotopic (exact) mass is 330 g/mol. The fraction of sp³-hybridized carbons (Fsp3) is 0.650. The van der Waals surface area contributed by atoms with Crippen LogP contribution in [0.4, 0.5) is 0 Å². The zero-order valence-corrected chi connectivity index (χ0v) is 14.7. The highest BCUT2D eigenvalue weighted by atomic mass is 16.5. The van der Waals surface area contributed by atoms with Gasteiger partial charge in [0.1, 0.15) is 6.61 Å². The Labute approximate surface area is 145 Å². The van der Waals surface area contributed by atoms with Crippen LogP contribution in [-0.4, -0.2) is 36.2 Å². The van der Waals surface area contributed by atoms with Gasteiger partial charge in [-0.3, -0.25) is 15.0 Å². The van der Waals surface area contributed by atoms with E-state index < -0.39 is 0 Å². The number of nitrogens with one attached hydrogen (secondary N) is 1. The number of ether oxygens (including phenoxy) is 1. The number of esters is 1. The van der Waals surface area contributed by atoms with E-state index in [1.165, 1.54) is 38.5 Å². The summed E-state index contributed by atoms with van der Waals surface area (Å²) in [4.78, 5) is 14.9. The zero-order chi connectivity index (χ0) is 16.8. The lowest BCUT2D eigenvalue weighted by atomic mass is 10.0. The zero-order valence-electron chi connectivity index (χ0n) is 14.7. The molecule has 1 aromatic carbocycles. The highest BCUT2D eigenvalue weighted by molar-refractivity contribution is 5.73. The minimum Gasteiger partial charge on any atom is -0.461 e. The molecule has 2 unspecified atom stereocenters. The number of carbonyl (C=O) groups excluding carboxylic acids is 1. The molecule has 1 heterocycles. The molecule has 0 amide bonds. The Morgan fingerprint density at radius 3 is 2.62 bits per heavy atom. The average molecular weight is 330 g/mol. The maximum Gasteiger partial charge on any atom is 0.310 e. The van der Waals surface area contributed by atoms with Crippen molar-refractivity contribution in [2.45, 2.75) is 64.1 Å². The van der Waals surface area contributed by atoms with Gasteiger partial charge in [-0.1, -0.05) is 62.9 Å². The van der Waals surface area contributed by atoms with E-state index in [0.717, 1.165) is 18.8 Å². The third-order valence-corrected chi connectivity index (χ3v) is 5.53. The summed E-state index contributed by atoms with van der Waals surface area (Å²) in [5, 5.41) is 3.53. The van der Waals surface area contributed by atoms with Crippen molar-refractivity contribution < 1.29 is 9.53 Å². The Morgan fingerprint density at radius 2 is 1.92 bits per heavy atom. The van der Waals surface area contributed by atoms with E-state index in [9.17, 15) is 4.79 Å². The lowest BCUT2D eigenvalue weighted by Gasteiger charge is -2.26. The van der Waals surface area contributed by atoms with Gasteiger partial charge in [-0.15, -0.1) is 0 Å². The standard InChI is InChI=1S/C20H30N2O2/c1-16(20(23)24-14-17-9-5-4-6-10-17)19-13-22(15-21-19)18-11-7-2-3-8-12-18/h4-6,9-10,16,18-19,21H,2-3,7-8,11-15H2,1H3. The predicted octanol–water partition coefficient (Wildman–Crippen LogP) is 3.32. The fourth-order valence-corrected chi connectivity index (χ4v) is 3.88. The molecule has 1 saturated heterocycles. The van der Waals surface area contributed by atoms with E-state index in [0.29, 0.717) is 12.6 Å². The second kappa shape index (κ2) is 8.63. The van der Waals surface area contributed by atoms with Gasteiger partial charge in [-0.25, -0.2) is 0 Å². The Bertz CT molecular complexity index is 512. The Morgan fingerprint density at radius 1 is 1.21 bits per heavy atom. The van der Waals surface area contributed by atoms with E-state index in [4.69, 9.17) is 4.74 Å². The first-order chi connectivity index (χ1) is 11.7. The van der Waals surface area contributed by atoms with Gasteiger partial charge in [0.15, 0.2) is 0 Å². The Hall–Kier alpha value is -1.39. The summed E-state index contributed by atoms with van der Waals surface area (Å²) < 4.78 is 5.51. The van der Waals surface area contributed by atoms with Gasteiger partial charge < -0.3 is 4.74 Å². The van der Waals surface area contributed by atoms with Gasteiger partial charge in [0.05, 0.1) is 5.92 Å². The summed E-state index contributed by atoms with van der Waals surface area (Å²) in [6, 6.07) is 10.8. The lowest BCUT2D eigenvalue weighted by Crippen LogP contribution is -2.37. The molecule has 1 aromatic rings. The lowest BCUT2D eigenvalue weighted by molar-refractivity contribution is -0.150. The van der Waals surface area contributed by atoms with Crippen molar-refractivity contribution in [1.82, 2.24) is 10.2 Å². The Kier molecular flexibility index (Phi) is 6.27. The smallest absolute Gasteiger partial charge is 0.310 e. The summed E-state index contributed by atoms with van der Waals surface area (Å²) in [5.41, 5.74) is 1.04. The van der Waals surface area contributed by atoms with Crippen LogP contribution in [0.1, 0.15) is 51.0 Å². The van der Waals surface area contributed by atoms with Crippen molar-refractivity contribution in [1.29, 1.82) is 0 Å². The van der Waals surface area contributed by atoms with E-state index in [2.05, 4.69) is 10.2 Å². The van der Waals surface area contributed by atoms with Crippen LogP contribution in [0.15, 0.2) is 30.3 Å². The van der Waals surface area contributed by atoms with Crippen LogP contribution in [0, 0.1) is 5.92 Å². The molecular formula is C20H30N2O2. The third-order valence-electron chi connectivity index (χ3n) is 5.53. The average Bonchev–Trinajstić information content (AvgIpc) is 2.95. The minimum atomic E-state index is -0.107. The van der Waals surface area contributed by atoms with E-state index in [-0.39, 0.29) is 17.9 Å². The van der Waals surface area contributed by atoms with Crippen molar-refractivity contribution in [3.63, 3.8) is 0 Å². The van der Waals surface area contributed by atoms with Crippen LogP contribution in [0.3, 0.4) is 0 Å². The van der Waals surface area contributed by atoms with Crippen LogP contribution in [0.2, 0.25) is 0 Å². The van der Waals surface area contributed by atoms with Crippen molar-refractivity contribution in [3.05, 3.63) is 35.9 Å². The highest BCUT2D eigenvalue weighted by Gasteiger charge is 2.34. The molecule has 4 nitrogen and oxygen atoms in total. The number of rotatable bonds is 5. The van der Waals surface area contributed by atoms with Crippen molar-refractivity contribution in [3.8, 4) is 0 Å². The van der Waals surface area contributed by atoms with Gasteiger partial charge in [-0.2, -0.15) is 0 Å². The number of carbonyl (C=O) groups is 1. The maximum atomic E-state index is 12.4. The molecule has 0 bridgehead atoms. The molecule has 4 heteroatoms. The summed E-state index contributed by atoms with van der Waals surface area (Å²) in [6.45, 7) is 4.22. The maximum absolute atomic E-state index is 12.4. The summed E-state index contributed by atoms with van der Waals surface area (Å²) in [6.07, 6.45) is 8.07. The highest BCUT2D eigenvalue weighted by Crippen LogP contribution is 2.24. The SMILES string of the molecule is CC(C(=O)OCc1ccccc1)C1CN(C2CCCCCC2)CN1. The van der Waals surface area contributed by atoms with Gasteiger partial charge >= 0.3 is 5.97 Å². The van der Waals surface area contributed by atoms with Gasteiger partial charge in [0.25, 0.3) is 0 Å². The summed E-state index contributed by atoms with van der Waals surface area (Å²) >= 11 is 0. The van der Waals surface area contributed by atoms with E-state index >= 15 is 0 Å². The first kappa shape index (κ1) is 17.4. The number of hydrogen-bond donors (Lipinski definition) is 1. The van der Waals surface area contributed by atoms with Crippen LogP contribution in [-0.2, 0) is 16.1 Å². The van der Waals surface area contributed by atoms with Crippen LogP contribution in [0.5, 0.6) is 0 Å². The third kappa shape index (κ3) is 4.58. The van der Waals surface area contributed by atoms with Crippen molar-refractivity contribution >= 4 is 5.97 Å². The molecular weight excluding hydrogens is 300 g/mol. The molecule has 1 N–H and O–H groups in total. The van der Waals surface area contributed by atoms with Crippen LogP contribution in [0.25, 0.3) is 0 Å². The largest absolute Gasteiger partial charge is 0.461 e. The van der Waals surface area contributed by atoms with E-state index in [1.807, 2.05) is 37.3 Å². The Balaban J connectivity index is 1.46. The molecule has 0 aromatic heterocycles. The molecule has 132 valence electrons. The van der Waals surface area contributed by atoms with Gasteiger partial charge in [0, 0.05) is 25.3 Å². The molecule has 1 saturated carbocycles. The first-order valence-electron chi connectivity index (χ1n) is 9.42. The topological polar surface area (TPSA) is 41.6 Å². The van der Waals surface area contributed by atoms with Crippen LogP contribution < -0.4 is 5.32 Å². The molecule has 2 aliphatic rings. The van der Waals surface area contributed by atoms with Gasteiger partial charge in [0.2, 0.25) is 0 Å². The number of nitrogens with zero attached hydrogens (tertiary/aromatic N) is 1. The summed E-state index contributed by atoms with van der Waals surface area (Å²) in [5.74, 6) is -0.205. The summed E-state index contributed by atoms with van der Waals surface area (Å²) in [7, 11) is 0. The molecule has 2 atom stereocenters. The molecule has 0 radical (unpaired) electrons. The number of hydrogen-bond acceptors (Lipinski definition) is 4. The normalized spacial score (nSPS) is 24.5. The minimum absolute atomic E-state index is 0.0981. The van der Waals surface area contributed by atoms with Crippen molar-refractivity contribution in [2.75, 3.05) is 13.2 Å². The first-order valence-corrected chi connectivity index (χ1v) is 9.42. The number of benzene rings is 1. The van der Waals surface area contributed by atoms with Crippen LogP contribution >= 0.6 is 0 Å². The molecule has 24 heavy (non-hydrogen) atoms. The molecule has 1 aliphatic heterocycles. The predicted molar refractivity (Wildman–Crippen MR) is 95.4 cm³/mol. The molecule has 2 fully saturated rings. The van der Waals surface area contributed by atoms with Gasteiger partial charge in [-0.05, 0) is 18.4 Å². The van der Waals surface area contributed by atoms with E-state index in [1.54, 1.807) is 0 Å². The second-order valence-electron chi connectivity index (χ2n) is 7.27.